The average molecular weight is 552 g/mol. The van der Waals surface area contributed by atoms with Crippen molar-refractivity contribution in [3.63, 3.8) is 0 Å². The molecule has 0 spiro atoms. The Morgan fingerprint density at radius 1 is 0.917 bits per heavy atom. The van der Waals surface area contributed by atoms with Crippen LogP contribution in [0.5, 0.6) is 5.75 Å². The molecule has 1 saturated carbocycles. The van der Waals surface area contributed by atoms with Gasteiger partial charge in [0.1, 0.15) is 11.8 Å². The minimum atomic E-state index is -1.11. The maximum absolute atomic E-state index is 12.9. The molecule has 5 atom stereocenters. The van der Waals surface area contributed by atoms with Crippen LogP contribution in [-0.2, 0) is 19.1 Å². The maximum atomic E-state index is 12.9. The zero-order valence-corrected chi connectivity index (χ0v) is 20.8. The molecule has 5 unspecified atom stereocenters. The first-order valence-corrected chi connectivity index (χ1v) is 12.4. The Morgan fingerprint density at radius 2 is 1.47 bits per heavy atom. The summed E-state index contributed by atoms with van der Waals surface area (Å²) < 4.78 is 11.3. The minimum Gasteiger partial charge on any atom is -0.456 e. The first-order valence-electron chi connectivity index (χ1n) is 11.6. The van der Waals surface area contributed by atoms with E-state index < -0.39 is 42.2 Å². The lowest BCUT2D eigenvalue weighted by Gasteiger charge is -2.23. The monoisotopic (exact) mass is 551 g/mol. The molecular formula is C27H22BrNO7. The first kappa shape index (κ1) is 24.1. The number of hydrogen-bond acceptors (Lipinski definition) is 7. The van der Waals surface area contributed by atoms with Crippen molar-refractivity contribution in [3.8, 4) is 5.75 Å². The summed E-state index contributed by atoms with van der Waals surface area (Å²) in [7, 11) is 0. The number of likely N-dealkylation sites (tertiary alicyclic amines) is 1. The lowest BCUT2D eigenvalue weighted by atomic mass is 9.85. The van der Waals surface area contributed by atoms with Crippen LogP contribution in [0, 0.1) is 23.7 Å². The topological polar surface area (TPSA) is 107 Å². The summed E-state index contributed by atoms with van der Waals surface area (Å²) in [4.78, 5) is 64.1. The van der Waals surface area contributed by atoms with Crippen LogP contribution in [0.3, 0.4) is 0 Å². The fourth-order valence-corrected chi connectivity index (χ4v) is 5.48. The number of esters is 2. The molecule has 2 fully saturated rings. The molecule has 36 heavy (non-hydrogen) atoms. The van der Waals surface area contributed by atoms with Gasteiger partial charge >= 0.3 is 11.9 Å². The molecule has 184 valence electrons. The molecule has 2 aromatic carbocycles. The number of rotatable bonds is 7. The van der Waals surface area contributed by atoms with Gasteiger partial charge in [-0.05, 0) is 73.7 Å². The molecule has 8 nitrogen and oxygen atoms in total. The van der Waals surface area contributed by atoms with E-state index in [1.807, 2.05) is 12.2 Å². The van der Waals surface area contributed by atoms with Crippen molar-refractivity contribution in [2.45, 2.75) is 19.4 Å². The van der Waals surface area contributed by atoms with Gasteiger partial charge in [0, 0.05) is 10.0 Å². The Morgan fingerprint density at radius 3 is 2.06 bits per heavy atom. The van der Waals surface area contributed by atoms with E-state index in [0.29, 0.717) is 5.56 Å². The molecule has 0 N–H and O–H groups in total. The normalized spacial score (nSPS) is 24.6. The molecule has 2 aromatic rings. The summed E-state index contributed by atoms with van der Waals surface area (Å²) in [6.45, 7) is 0.894. The number of benzene rings is 2. The predicted molar refractivity (Wildman–Crippen MR) is 130 cm³/mol. The van der Waals surface area contributed by atoms with Gasteiger partial charge in [-0.15, -0.1) is 0 Å². The largest absolute Gasteiger partial charge is 0.456 e. The van der Waals surface area contributed by atoms with Crippen molar-refractivity contribution in [2.24, 2.45) is 23.7 Å². The number of Topliss-reactive ketones (excluding diaryl/α,β-unsaturated/α-hetero) is 1. The number of hydrogen-bond donors (Lipinski definition) is 0. The van der Waals surface area contributed by atoms with E-state index >= 15 is 0 Å². The Labute approximate surface area is 215 Å². The number of allylic oxidation sites excluding steroid dienone is 2. The molecule has 2 bridgehead atoms. The molecule has 0 radical (unpaired) electrons. The summed E-state index contributed by atoms with van der Waals surface area (Å²) in [5.41, 5.74) is 0.631. The number of ketones is 1. The van der Waals surface area contributed by atoms with E-state index in [9.17, 15) is 24.0 Å². The number of carbonyl (C=O) groups is 5. The van der Waals surface area contributed by atoms with Crippen LogP contribution in [-0.4, -0.2) is 47.1 Å². The van der Waals surface area contributed by atoms with Crippen LogP contribution in [0.25, 0.3) is 0 Å². The summed E-state index contributed by atoms with van der Waals surface area (Å²) in [6, 6.07) is 11.4. The predicted octanol–water partition coefficient (Wildman–Crippen LogP) is 3.59. The zero-order chi connectivity index (χ0) is 25.6. The average Bonchev–Trinajstić information content (AvgIpc) is 3.56. The van der Waals surface area contributed by atoms with Crippen molar-refractivity contribution in [1.82, 2.24) is 4.90 Å². The summed E-state index contributed by atoms with van der Waals surface area (Å²) in [6.07, 6.45) is 4.76. The van der Waals surface area contributed by atoms with Gasteiger partial charge < -0.3 is 9.47 Å². The molecule has 0 aromatic heterocycles. The SMILES string of the molecule is CC(C(=O)OCC(=O)c1ccc(OC(=O)c2ccc(Br)cc2)cc1)N1C(=O)C2C3C=CC(C3)C2C1=O. The Hall–Kier alpha value is -3.59. The summed E-state index contributed by atoms with van der Waals surface area (Å²) in [5, 5.41) is 0. The van der Waals surface area contributed by atoms with E-state index in [-0.39, 0.29) is 35.0 Å². The highest BCUT2D eigenvalue weighted by Crippen LogP contribution is 2.52. The standard InChI is InChI=1S/C27H22BrNO7/c1-14(29-24(31)22-17-2-3-18(12-17)23(22)25(29)32)26(33)35-13-21(30)15-6-10-20(11-7-15)36-27(34)16-4-8-19(28)9-5-16/h2-11,14,17-18,22-23H,12-13H2,1H3. The molecule has 9 heteroatoms. The van der Waals surface area contributed by atoms with E-state index in [1.54, 1.807) is 24.3 Å². The number of amides is 2. The van der Waals surface area contributed by atoms with Crippen LogP contribution in [0.1, 0.15) is 34.1 Å². The van der Waals surface area contributed by atoms with Gasteiger partial charge in [0.15, 0.2) is 12.4 Å². The number of imide groups is 1. The maximum Gasteiger partial charge on any atom is 0.343 e. The van der Waals surface area contributed by atoms with Crippen molar-refractivity contribution in [2.75, 3.05) is 6.61 Å². The van der Waals surface area contributed by atoms with E-state index in [4.69, 9.17) is 9.47 Å². The number of halogens is 1. The molecule has 1 aliphatic heterocycles. The molecule has 5 rings (SSSR count). The zero-order valence-electron chi connectivity index (χ0n) is 19.3. The van der Waals surface area contributed by atoms with Crippen LogP contribution in [0.4, 0.5) is 0 Å². The van der Waals surface area contributed by atoms with E-state index in [2.05, 4.69) is 15.9 Å². The van der Waals surface area contributed by atoms with Gasteiger partial charge in [0.2, 0.25) is 11.8 Å². The fraction of sp³-hybridized carbons (Fsp3) is 0.296. The van der Waals surface area contributed by atoms with Gasteiger partial charge in [-0.3, -0.25) is 19.3 Å². The molecule has 1 saturated heterocycles. The second-order valence-electron chi connectivity index (χ2n) is 9.17. The lowest BCUT2D eigenvalue weighted by Crippen LogP contribution is -2.45. The van der Waals surface area contributed by atoms with Gasteiger partial charge in [0.25, 0.3) is 0 Å². The van der Waals surface area contributed by atoms with Crippen molar-refractivity contribution in [3.05, 3.63) is 76.3 Å². The number of ether oxygens (including phenoxy) is 2. The van der Waals surface area contributed by atoms with E-state index in [1.165, 1.54) is 31.2 Å². The third-order valence-corrected chi connectivity index (χ3v) is 7.57. The summed E-state index contributed by atoms with van der Waals surface area (Å²) in [5.74, 6) is -2.97. The fourth-order valence-electron chi connectivity index (χ4n) is 5.21. The number of nitrogens with zero attached hydrogens (tertiary/aromatic N) is 1. The van der Waals surface area contributed by atoms with Crippen molar-refractivity contribution >= 4 is 45.5 Å². The van der Waals surface area contributed by atoms with Crippen molar-refractivity contribution in [1.29, 1.82) is 0 Å². The van der Waals surface area contributed by atoms with Crippen molar-refractivity contribution < 1.29 is 33.4 Å². The lowest BCUT2D eigenvalue weighted by molar-refractivity contribution is -0.157. The van der Waals surface area contributed by atoms with Crippen LogP contribution in [0.2, 0.25) is 0 Å². The highest BCUT2D eigenvalue weighted by Gasteiger charge is 2.60. The van der Waals surface area contributed by atoms with Crippen LogP contribution < -0.4 is 4.74 Å². The van der Waals surface area contributed by atoms with Gasteiger partial charge in [0.05, 0.1) is 17.4 Å². The van der Waals surface area contributed by atoms with Crippen LogP contribution >= 0.6 is 15.9 Å². The first-order chi connectivity index (χ1) is 17.2. The molecule has 1 heterocycles. The molecule has 2 amide bonds. The molecule has 3 aliphatic rings. The van der Waals surface area contributed by atoms with Crippen LogP contribution in [0.15, 0.2) is 65.2 Å². The molecular weight excluding hydrogens is 530 g/mol. The third-order valence-electron chi connectivity index (χ3n) is 7.05. The second kappa shape index (κ2) is 9.46. The Balaban J connectivity index is 1.15. The highest BCUT2D eigenvalue weighted by atomic mass is 79.9. The van der Waals surface area contributed by atoms with Gasteiger partial charge in [-0.1, -0.05) is 28.1 Å². The minimum absolute atomic E-state index is 0.0448. The Bertz CT molecular complexity index is 1250. The quantitative estimate of drug-likeness (QED) is 0.170. The van der Waals surface area contributed by atoms with Gasteiger partial charge in [-0.25, -0.2) is 9.59 Å². The van der Waals surface area contributed by atoms with E-state index in [0.717, 1.165) is 15.8 Å². The number of carbonyl (C=O) groups excluding carboxylic acids is 5. The highest BCUT2D eigenvalue weighted by molar-refractivity contribution is 9.10. The smallest absolute Gasteiger partial charge is 0.343 e. The summed E-state index contributed by atoms with van der Waals surface area (Å²) >= 11 is 3.30. The third kappa shape index (κ3) is 4.28. The van der Waals surface area contributed by atoms with Gasteiger partial charge in [-0.2, -0.15) is 0 Å². The molecule has 2 aliphatic carbocycles. The number of fused-ring (bicyclic) bond motifs is 5. The Kier molecular flexibility index (Phi) is 6.34. The second-order valence-corrected chi connectivity index (χ2v) is 10.1.